The van der Waals surface area contributed by atoms with Gasteiger partial charge in [-0.15, -0.1) is 11.8 Å². The van der Waals surface area contributed by atoms with Crippen LogP contribution in [0.15, 0.2) is 24.3 Å². The molecule has 0 heterocycles. The van der Waals surface area contributed by atoms with E-state index in [-0.39, 0.29) is 18.3 Å². The van der Waals surface area contributed by atoms with Gasteiger partial charge < -0.3 is 20.3 Å². The van der Waals surface area contributed by atoms with Crippen molar-refractivity contribution < 1.29 is 19.7 Å². The molecule has 1 atom stereocenters. The van der Waals surface area contributed by atoms with Gasteiger partial charge in [-0.1, -0.05) is 18.2 Å². The molecule has 106 valence electrons. The maximum Gasteiger partial charge on any atom is 0.230 e. The summed E-state index contributed by atoms with van der Waals surface area (Å²) >= 11 is 1.29. The molecule has 0 radical (unpaired) electrons. The number of hydrogen-bond acceptors (Lipinski definition) is 5. The van der Waals surface area contributed by atoms with Crippen molar-refractivity contribution in [3.63, 3.8) is 0 Å². The lowest BCUT2D eigenvalue weighted by Gasteiger charge is -2.10. The maximum absolute atomic E-state index is 11.6. The van der Waals surface area contributed by atoms with E-state index in [0.717, 1.165) is 11.3 Å². The van der Waals surface area contributed by atoms with Crippen LogP contribution in [0.1, 0.15) is 5.56 Å². The van der Waals surface area contributed by atoms with E-state index >= 15 is 0 Å². The molecule has 0 spiro atoms. The Labute approximate surface area is 117 Å². The fourth-order valence-corrected chi connectivity index (χ4v) is 2.22. The summed E-state index contributed by atoms with van der Waals surface area (Å²) < 4.78 is 5.19. The number of carbonyl (C=O) groups excluding carboxylic acids is 1. The van der Waals surface area contributed by atoms with Gasteiger partial charge in [0.05, 0.1) is 25.6 Å². The van der Waals surface area contributed by atoms with Gasteiger partial charge >= 0.3 is 0 Å². The van der Waals surface area contributed by atoms with Crippen molar-refractivity contribution in [1.82, 2.24) is 5.32 Å². The number of thioether (sulfide) groups is 1. The summed E-state index contributed by atoms with van der Waals surface area (Å²) in [5, 5.41) is 20.5. The third-order valence-corrected chi connectivity index (χ3v) is 3.51. The van der Waals surface area contributed by atoms with Crippen molar-refractivity contribution in [2.75, 3.05) is 25.2 Å². The second-order valence-corrected chi connectivity index (χ2v) is 4.97. The number of nitrogens with one attached hydrogen (secondary N) is 1. The average Bonchev–Trinajstić information content (AvgIpc) is 2.45. The number of para-hydroxylation sites is 1. The van der Waals surface area contributed by atoms with Crippen molar-refractivity contribution in [2.24, 2.45) is 0 Å². The van der Waals surface area contributed by atoms with E-state index in [1.165, 1.54) is 11.8 Å². The molecule has 6 heteroatoms. The van der Waals surface area contributed by atoms with Crippen molar-refractivity contribution in [3.05, 3.63) is 29.8 Å². The van der Waals surface area contributed by atoms with Crippen LogP contribution in [0.3, 0.4) is 0 Å². The van der Waals surface area contributed by atoms with E-state index in [1.807, 2.05) is 24.3 Å². The lowest BCUT2D eigenvalue weighted by Crippen LogP contribution is -2.26. The summed E-state index contributed by atoms with van der Waals surface area (Å²) in [4.78, 5) is 11.6. The van der Waals surface area contributed by atoms with Gasteiger partial charge in [-0.05, 0) is 6.07 Å². The smallest absolute Gasteiger partial charge is 0.230 e. The van der Waals surface area contributed by atoms with Crippen LogP contribution in [0, 0.1) is 0 Å². The number of aliphatic hydroxyl groups is 2. The standard InChI is InChI=1S/C13H19NO4S/c1-18-12-5-3-2-4-10(12)6-14-13(17)9-19-8-11(16)7-15/h2-5,11,15-16H,6-9H2,1H3,(H,14,17). The van der Waals surface area contributed by atoms with Crippen LogP contribution < -0.4 is 10.1 Å². The number of amides is 1. The summed E-state index contributed by atoms with van der Waals surface area (Å²) in [6.45, 7) is 0.127. The molecule has 0 saturated heterocycles. The molecule has 0 fully saturated rings. The number of carbonyl (C=O) groups is 1. The zero-order valence-corrected chi connectivity index (χ0v) is 11.7. The molecule has 1 aromatic carbocycles. The molecule has 1 amide bonds. The molecule has 0 saturated carbocycles. The van der Waals surface area contributed by atoms with E-state index in [2.05, 4.69) is 5.32 Å². The molecule has 0 aliphatic carbocycles. The first-order chi connectivity index (χ1) is 9.17. The summed E-state index contributed by atoms with van der Waals surface area (Å²) in [5.74, 6) is 1.23. The van der Waals surface area contributed by atoms with E-state index in [1.54, 1.807) is 7.11 Å². The Balaban J connectivity index is 2.30. The van der Waals surface area contributed by atoms with Crippen LogP contribution in [-0.4, -0.2) is 47.4 Å². The minimum Gasteiger partial charge on any atom is -0.496 e. The Morgan fingerprint density at radius 1 is 1.47 bits per heavy atom. The maximum atomic E-state index is 11.6. The van der Waals surface area contributed by atoms with Crippen LogP contribution in [-0.2, 0) is 11.3 Å². The minimum atomic E-state index is -0.771. The first-order valence-corrected chi connectivity index (χ1v) is 7.08. The van der Waals surface area contributed by atoms with Gasteiger partial charge in [0.1, 0.15) is 5.75 Å². The first-order valence-electron chi connectivity index (χ1n) is 5.92. The molecule has 0 aliphatic rings. The summed E-state index contributed by atoms with van der Waals surface area (Å²) in [7, 11) is 1.59. The van der Waals surface area contributed by atoms with E-state index in [9.17, 15) is 4.79 Å². The quantitative estimate of drug-likeness (QED) is 0.644. The summed E-state index contributed by atoms with van der Waals surface area (Å²) in [6, 6.07) is 7.49. The Morgan fingerprint density at radius 2 is 2.21 bits per heavy atom. The first kappa shape index (κ1) is 15.8. The molecule has 19 heavy (non-hydrogen) atoms. The lowest BCUT2D eigenvalue weighted by atomic mass is 10.2. The van der Waals surface area contributed by atoms with Crippen LogP contribution >= 0.6 is 11.8 Å². The largest absolute Gasteiger partial charge is 0.496 e. The Bertz CT molecular complexity index is 400. The Morgan fingerprint density at radius 3 is 2.89 bits per heavy atom. The SMILES string of the molecule is COc1ccccc1CNC(=O)CSCC(O)CO. The predicted molar refractivity (Wildman–Crippen MR) is 75.3 cm³/mol. The summed E-state index contributed by atoms with van der Waals surface area (Å²) in [6.07, 6.45) is -0.771. The average molecular weight is 285 g/mol. The van der Waals surface area contributed by atoms with Gasteiger partial charge in [-0.25, -0.2) is 0 Å². The fraction of sp³-hybridized carbons (Fsp3) is 0.462. The van der Waals surface area contributed by atoms with Gasteiger partial charge in [0, 0.05) is 17.9 Å². The van der Waals surface area contributed by atoms with Gasteiger partial charge in [-0.2, -0.15) is 0 Å². The Hall–Kier alpha value is -1.24. The highest BCUT2D eigenvalue weighted by Gasteiger charge is 2.07. The van der Waals surface area contributed by atoms with E-state index in [4.69, 9.17) is 14.9 Å². The van der Waals surface area contributed by atoms with E-state index < -0.39 is 6.10 Å². The highest BCUT2D eigenvalue weighted by atomic mass is 32.2. The monoisotopic (exact) mass is 285 g/mol. The van der Waals surface area contributed by atoms with Gasteiger partial charge in [0.15, 0.2) is 0 Å². The van der Waals surface area contributed by atoms with Crippen LogP contribution in [0.4, 0.5) is 0 Å². The number of hydrogen-bond donors (Lipinski definition) is 3. The van der Waals surface area contributed by atoms with Crippen molar-refractivity contribution >= 4 is 17.7 Å². The fourth-order valence-electron chi connectivity index (χ4n) is 1.43. The van der Waals surface area contributed by atoms with E-state index in [0.29, 0.717) is 12.3 Å². The third-order valence-electron chi connectivity index (χ3n) is 2.42. The van der Waals surface area contributed by atoms with Crippen molar-refractivity contribution in [2.45, 2.75) is 12.6 Å². The highest BCUT2D eigenvalue weighted by molar-refractivity contribution is 7.99. The number of aliphatic hydroxyl groups excluding tert-OH is 2. The second kappa shape index (κ2) is 8.79. The zero-order valence-electron chi connectivity index (χ0n) is 10.8. The van der Waals surface area contributed by atoms with Gasteiger partial charge in [0.2, 0.25) is 5.91 Å². The van der Waals surface area contributed by atoms with Crippen LogP contribution in [0.2, 0.25) is 0 Å². The second-order valence-electron chi connectivity index (χ2n) is 3.94. The highest BCUT2D eigenvalue weighted by Crippen LogP contribution is 2.16. The number of benzene rings is 1. The van der Waals surface area contributed by atoms with Crippen LogP contribution in [0.5, 0.6) is 5.75 Å². The predicted octanol–water partition coefficient (Wildman–Crippen LogP) is 0.398. The molecule has 5 nitrogen and oxygen atoms in total. The molecule has 0 aromatic heterocycles. The zero-order chi connectivity index (χ0) is 14.1. The van der Waals surface area contributed by atoms with Crippen LogP contribution in [0.25, 0.3) is 0 Å². The third kappa shape index (κ3) is 5.96. The minimum absolute atomic E-state index is 0.110. The van der Waals surface area contributed by atoms with Gasteiger partial charge in [-0.3, -0.25) is 4.79 Å². The lowest BCUT2D eigenvalue weighted by molar-refractivity contribution is -0.118. The molecule has 1 rings (SSSR count). The normalized spacial score (nSPS) is 11.9. The molecule has 3 N–H and O–H groups in total. The molecule has 0 aliphatic heterocycles. The molecular weight excluding hydrogens is 266 g/mol. The molecule has 0 bridgehead atoms. The van der Waals surface area contributed by atoms with Crippen molar-refractivity contribution in [1.29, 1.82) is 0 Å². The topological polar surface area (TPSA) is 78.8 Å². The van der Waals surface area contributed by atoms with Gasteiger partial charge in [0.25, 0.3) is 0 Å². The summed E-state index contributed by atoms with van der Waals surface area (Å²) in [5.41, 5.74) is 0.916. The molecular formula is C13H19NO4S. The molecule has 1 unspecified atom stereocenters. The molecule has 1 aromatic rings. The Kier molecular flexibility index (Phi) is 7.32. The number of rotatable bonds is 8. The van der Waals surface area contributed by atoms with Crippen molar-refractivity contribution in [3.8, 4) is 5.75 Å². The number of methoxy groups -OCH3 is 1. The number of ether oxygens (including phenoxy) is 1.